The molecule has 0 unspecified atom stereocenters. The van der Waals surface area contributed by atoms with Crippen LogP contribution in [0.15, 0.2) is 107 Å². The quantitative estimate of drug-likeness (QED) is 0.173. The predicted octanol–water partition coefficient (Wildman–Crippen LogP) is 5.71. The van der Waals surface area contributed by atoms with Crippen LogP contribution in [0, 0.1) is 0 Å². The van der Waals surface area contributed by atoms with Gasteiger partial charge in [0.25, 0.3) is 20.0 Å². The molecule has 0 aromatic heterocycles. The van der Waals surface area contributed by atoms with Gasteiger partial charge in [-0.3, -0.25) is 0 Å². The SMILES string of the molecule is NC(=O)N(c1ccc(Cc2ccc(N(C(N)=O)S(=O)(=O)c3cccc(OCC(F)(F)F)c3)cc2)cc1)S(=O)(=O)c1cccc(OCC(F)(F)F)c1. The van der Waals surface area contributed by atoms with Gasteiger partial charge in [-0.15, -0.1) is 0 Å². The molecule has 4 aromatic rings. The normalized spacial score (nSPS) is 12.2. The number of carbonyl (C=O) groups is 2. The lowest BCUT2D eigenvalue weighted by molar-refractivity contribution is -0.154. The molecule has 12 nitrogen and oxygen atoms in total. The monoisotopic (exact) mass is 760 g/mol. The molecule has 0 saturated carbocycles. The van der Waals surface area contributed by atoms with Crippen LogP contribution < -0.4 is 29.6 Å². The summed E-state index contributed by atoms with van der Waals surface area (Å²) in [6, 6.07) is 16.2. The van der Waals surface area contributed by atoms with E-state index in [-0.39, 0.29) is 26.4 Å². The van der Waals surface area contributed by atoms with E-state index >= 15 is 0 Å². The van der Waals surface area contributed by atoms with Crippen molar-refractivity contribution in [3.05, 3.63) is 108 Å². The molecule has 0 radical (unpaired) electrons. The number of primary amides is 2. The molecular formula is C31H26F6N4O8S2. The van der Waals surface area contributed by atoms with Gasteiger partial charge in [-0.1, -0.05) is 36.4 Å². The van der Waals surface area contributed by atoms with E-state index in [1.54, 1.807) is 0 Å². The fourth-order valence-corrected chi connectivity index (χ4v) is 7.22. The number of carbonyl (C=O) groups excluding carboxylic acids is 2. The Balaban J connectivity index is 1.52. The summed E-state index contributed by atoms with van der Waals surface area (Å²) in [6.45, 7) is -3.35. The van der Waals surface area contributed by atoms with Gasteiger partial charge in [0.2, 0.25) is 0 Å². The highest BCUT2D eigenvalue weighted by Gasteiger charge is 2.33. The Hall–Kier alpha value is -5.50. The maximum atomic E-state index is 13.3. The van der Waals surface area contributed by atoms with Crippen LogP contribution in [0.3, 0.4) is 0 Å². The van der Waals surface area contributed by atoms with E-state index in [9.17, 15) is 52.8 Å². The first-order chi connectivity index (χ1) is 23.7. The smallest absolute Gasteiger partial charge is 0.422 e. The lowest BCUT2D eigenvalue weighted by atomic mass is 10.0. The topological polar surface area (TPSA) is 179 Å². The molecule has 0 fully saturated rings. The van der Waals surface area contributed by atoms with E-state index in [2.05, 4.69) is 9.47 Å². The second-order valence-corrected chi connectivity index (χ2v) is 14.1. The second kappa shape index (κ2) is 14.8. The molecule has 4 rings (SSSR count). The van der Waals surface area contributed by atoms with Gasteiger partial charge in [0.15, 0.2) is 13.2 Å². The zero-order valence-electron chi connectivity index (χ0n) is 25.8. The van der Waals surface area contributed by atoms with Crippen LogP contribution in [0.5, 0.6) is 11.5 Å². The summed E-state index contributed by atoms with van der Waals surface area (Å²) in [6.07, 6.45) is -9.19. The number of ether oxygens (including phenoxy) is 2. The first-order valence-corrected chi connectivity index (χ1v) is 17.0. The molecule has 0 saturated heterocycles. The lowest BCUT2D eigenvalue weighted by Gasteiger charge is -2.21. The highest BCUT2D eigenvalue weighted by molar-refractivity contribution is 7.94. The zero-order valence-corrected chi connectivity index (χ0v) is 27.4. The highest BCUT2D eigenvalue weighted by atomic mass is 32.2. The molecule has 4 N–H and O–H groups in total. The number of halogens is 6. The number of hydrogen-bond donors (Lipinski definition) is 2. The van der Waals surface area contributed by atoms with Gasteiger partial charge in [0.05, 0.1) is 21.2 Å². The number of amides is 4. The van der Waals surface area contributed by atoms with Crippen LogP contribution in [-0.2, 0) is 26.5 Å². The van der Waals surface area contributed by atoms with Crippen molar-refractivity contribution < 1.29 is 62.2 Å². The Labute approximate surface area is 286 Å². The number of nitrogens with zero attached hydrogens (tertiary/aromatic N) is 2. The van der Waals surface area contributed by atoms with Crippen molar-refractivity contribution in [3.63, 3.8) is 0 Å². The molecule has 272 valence electrons. The van der Waals surface area contributed by atoms with E-state index < -0.39 is 79.0 Å². The molecule has 51 heavy (non-hydrogen) atoms. The van der Waals surface area contributed by atoms with Crippen LogP contribution in [0.2, 0.25) is 0 Å². The van der Waals surface area contributed by atoms with E-state index in [1.807, 2.05) is 0 Å². The van der Waals surface area contributed by atoms with Crippen molar-refractivity contribution in [3.8, 4) is 11.5 Å². The minimum Gasteiger partial charge on any atom is -0.484 e. The average molecular weight is 761 g/mol. The molecule has 4 amide bonds. The molecule has 0 aliphatic rings. The van der Waals surface area contributed by atoms with Gasteiger partial charge in [-0.25, -0.2) is 26.4 Å². The van der Waals surface area contributed by atoms with Crippen LogP contribution >= 0.6 is 0 Å². The Kier molecular flexibility index (Phi) is 11.1. The van der Waals surface area contributed by atoms with Crippen molar-refractivity contribution in [1.82, 2.24) is 0 Å². The molecule has 4 aromatic carbocycles. The molecular weight excluding hydrogens is 734 g/mol. The molecule has 0 spiro atoms. The maximum Gasteiger partial charge on any atom is 0.422 e. The third-order valence-corrected chi connectivity index (χ3v) is 10.1. The minimum absolute atomic E-state index is 0.171. The van der Waals surface area contributed by atoms with Crippen molar-refractivity contribution in [1.29, 1.82) is 0 Å². The van der Waals surface area contributed by atoms with Gasteiger partial charge in [0.1, 0.15) is 11.5 Å². The second-order valence-electron chi connectivity index (χ2n) is 10.5. The summed E-state index contributed by atoms with van der Waals surface area (Å²) in [5.41, 5.74) is 11.5. The minimum atomic E-state index is -4.71. The summed E-state index contributed by atoms with van der Waals surface area (Å²) in [7, 11) is -9.42. The largest absolute Gasteiger partial charge is 0.484 e. The third kappa shape index (κ3) is 9.81. The van der Waals surface area contributed by atoms with Crippen molar-refractivity contribution in [2.24, 2.45) is 11.5 Å². The van der Waals surface area contributed by atoms with Gasteiger partial charge in [0, 0.05) is 12.1 Å². The Morgan fingerprint density at radius 2 is 0.902 bits per heavy atom. The number of sulfonamides is 2. The summed E-state index contributed by atoms with van der Waals surface area (Å²) >= 11 is 0. The number of anilines is 2. The predicted molar refractivity (Wildman–Crippen MR) is 170 cm³/mol. The molecule has 0 heterocycles. The third-order valence-electron chi connectivity index (χ3n) is 6.64. The Morgan fingerprint density at radius 3 is 1.20 bits per heavy atom. The number of alkyl halides is 6. The summed E-state index contributed by atoms with van der Waals surface area (Å²) in [5, 5.41) is 0. The van der Waals surface area contributed by atoms with E-state index in [4.69, 9.17) is 11.5 Å². The van der Waals surface area contributed by atoms with Gasteiger partial charge in [-0.2, -0.15) is 35.0 Å². The molecule has 20 heteroatoms. The van der Waals surface area contributed by atoms with Crippen LogP contribution in [0.4, 0.5) is 47.3 Å². The van der Waals surface area contributed by atoms with E-state index in [0.29, 0.717) is 11.1 Å². The fraction of sp³-hybridized carbons (Fsp3) is 0.161. The van der Waals surface area contributed by atoms with Gasteiger partial charge < -0.3 is 20.9 Å². The van der Waals surface area contributed by atoms with Crippen molar-refractivity contribution >= 4 is 43.5 Å². The number of hydrogen-bond acceptors (Lipinski definition) is 8. The highest BCUT2D eigenvalue weighted by Crippen LogP contribution is 2.30. The maximum absolute atomic E-state index is 13.3. The summed E-state index contributed by atoms with van der Waals surface area (Å²) in [5.74, 6) is -0.834. The Morgan fingerprint density at radius 1 is 0.569 bits per heavy atom. The van der Waals surface area contributed by atoms with Crippen LogP contribution in [-0.4, -0.2) is 54.5 Å². The molecule has 0 aliphatic carbocycles. The first-order valence-electron chi connectivity index (χ1n) is 14.1. The van der Waals surface area contributed by atoms with Crippen molar-refractivity contribution in [2.75, 3.05) is 21.8 Å². The lowest BCUT2D eigenvalue weighted by Crippen LogP contribution is -2.40. The van der Waals surface area contributed by atoms with Crippen molar-refractivity contribution in [2.45, 2.75) is 28.6 Å². The first kappa shape index (κ1) is 38.3. The van der Waals surface area contributed by atoms with E-state index in [1.165, 1.54) is 48.5 Å². The average Bonchev–Trinajstić information content (AvgIpc) is 3.04. The zero-order chi connectivity index (χ0) is 37.8. The van der Waals surface area contributed by atoms with Gasteiger partial charge >= 0.3 is 24.4 Å². The number of nitrogens with two attached hydrogens (primary N) is 2. The summed E-state index contributed by atoms with van der Waals surface area (Å²) < 4.78 is 138. The number of benzene rings is 4. The fourth-order valence-electron chi connectivity index (χ4n) is 4.49. The number of urea groups is 2. The van der Waals surface area contributed by atoms with Gasteiger partial charge in [-0.05, 0) is 66.1 Å². The van der Waals surface area contributed by atoms with Crippen LogP contribution in [0.25, 0.3) is 0 Å². The Bertz CT molecular complexity index is 1960. The van der Waals surface area contributed by atoms with E-state index in [0.717, 1.165) is 48.5 Å². The molecule has 0 atom stereocenters. The standard InChI is InChI=1S/C31H26F6N4O8S2/c32-30(33,34)18-48-24-3-1-5-26(16-24)50(44,45)40(28(38)42)22-11-7-20(8-12-22)15-21-9-13-23(14-10-21)41(29(39)43)51(46,47)27-6-2-4-25(17-27)49-19-31(35,36)37/h1-14,16-17H,15,18-19H2,(H2,38,42)(H2,39,43). The summed E-state index contributed by atoms with van der Waals surface area (Å²) in [4.78, 5) is 23.4. The number of rotatable bonds is 12. The van der Waals surface area contributed by atoms with Crippen LogP contribution in [0.1, 0.15) is 11.1 Å². The molecule has 0 aliphatic heterocycles. The molecule has 0 bridgehead atoms.